The van der Waals surface area contributed by atoms with Crippen molar-refractivity contribution >= 4 is 5.69 Å². The lowest BCUT2D eigenvalue weighted by Crippen LogP contribution is -2.21. The number of aliphatic hydroxyl groups is 1. The lowest BCUT2D eigenvalue weighted by molar-refractivity contribution is 0.199. The summed E-state index contributed by atoms with van der Waals surface area (Å²) in [6, 6.07) is 3.85. The van der Waals surface area contributed by atoms with Gasteiger partial charge in [0.05, 0.1) is 17.4 Å². The van der Waals surface area contributed by atoms with Crippen molar-refractivity contribution < 1.29 is 5.11 Å². The van der Waals surface area contributed by atoms with Crippen LogP contribution in [-0.4, -0.2) is 23.2 Å². The molecule has 90 valence electrons. The molecular weight excluding hydrogens is 214 g/mol. The van der Waals surface area contributed by atoms with Crippen LogP contribution in [0.25, 0.3) is 0 Å². The number of nitriles is 1. The fraction of sp³-hybridized carbons (Fsp3) is 0.538. The standard InChI is InChI=1S/C13H17N3O/c14-6-10-4-5-15-8-13(10)16-7-11-2-1-3-12(11)9-17/h4-5,8,11-12,16-17H,1-3,7,9H2. The molecular formula is C13H17N3O. The third kappa shape index (κ3) is 2.75. The minimum atomic E-state index is 0.268. The summed E-state index contributed by atoms with van der Waals surface area (Å²) in [6.07, 6.45) is 6.76. The molecule has 1 saturated carbocycles. The molecule has 2 unspecified atom stereocenters. The topological polar surface area (TPSA) is 68.9 Å². The molecule has 0 amide bonds. The molecule has 0 aromatic carbocycles. The van der Waals surface area contributed by atoms with E-state index in [9.17, 15) is 5.11 Å². The highest BCUT2D eigenvalue weighted by atomic mass is 16.3. The van der Waals surface area contributed by atoms with Crippen LogP contribution >= 0.6 is 0 Å². The second-order valence-corrected chi connectivity index (χ2v) is 4.55. The fourth-order valence-corrected chi connectivity index (χ4v) is 2.50. The van der Waals surface area contributed by atoms with Gasteiger partial charge in [0.15, 0.2) is 0 Å². The number of pyridine rings is 1. The van der Waals surface area contributed by atoms with E-state index >= 15 is 0 Å². The van der Waals surface area contributed by atoms with Gasteiger partial charge in [0.25, 0.3) is 0 Å². The minimum absolute atomic E-state index is 0.268. The van der Waals surface area contributed by atoms with Gasteiger partial charge >= 0.3 is 0 Å². The molecule has 1 aliphatic carbocycles. The molecule has 0 spiro atoms. The zero-order valence-electron chi connectivity index (χ0n) is 9.76. The molecule has 4 nitrogen and oxygen atoms in total. The number of aliphatic hydroxyl groups excluding tert-OH is 1. The van der Waals surface area contributed by atoms with Crippen LogP contribution in [0, 0.1) is 23.2 Å². The molecule has 1 aliphatic rings. The van der Waals surface area contributed by atoms with Crippen molar-refractivity contribution in [3.05, 3.63) is 24.0 Å². The van der Waals surface area contributed by atoms with Crippen LogP contribution in [0.3, 0.4) is 0 Å². The lowest BCUT2D eigenvalue weighted by atomic mass is 9.97. The maximum atomic E-state index is 9.24. The second-order valence-electron chi connectivity index (χ2n) is 4.55. The number of hydrogen-bond acceptors (Lipinski definition) is 4. The maximum Gasteiger partial charge on any atom is 0.101 e. The molecule has 2 N–H and O–H groups in total. The summed E-state index contributed by atoms with van der Waals surface area (Å²) in [5.41, 5.74) is 1.41. The number of aromatic nitrogens is 1. The Morgan fingerprint density at radius 1 is 1.47 bits per heavy atom. The van der Waals surface area contributed by atoms with Crippen molar-refractivity contribution in [3.63, 3.8) is 0 Å². The van der Waals surface area contributed by atoms with Crippen LogP contribution in [0.2, 0.25) is 0 Å². The molecule has 0 radical (unpaired) electrons. The summed E-state index contributed by atoms with van der Waals surface area (Å²) >= 11 is 0. The van der Waals surface area contributed by atoms with Gasteiger partial charge in [0, 0.05) is 19.3 Å². The number of nitrogens with zero attached hydrogens (tertiary/aromatic N) is 2. The van der Waals surface area contributed by atoms with E-state index in [1.165, 1.54) is 6.42 Å². The minimum Gasteiger partial charge on any atom is -0.396 e. The molecule has 4 heteroatoms. The Morgan fingerprint density at radius 2 is 2.29 bits per heavy atom. The molecule has 1 heterocycles. The molecule has 2 atom stereocenters. The van der Waals surface area contributed by atoms with Crippen molar-refractivity contribution in [2.75, 3.05) is 18.5 Å². The Morgan fingerprint density at radius 3 is 3.06 bits per heavy atom. The average Bonchev–Trinajstić information content (AvgIpc) is 2.84. The third-order valence-electron chi connectivity index (χ3n) is 3.55. The maximum absolute atomic E-state index is 9.24. The van der Waals surface area contributed by atoms with Crippen LogP contribution in [0.5, 0.6) is 0 Å². The van der Waals surface area contributed by atoms with E-state index < -0.39 is 0 Å². The van der Waals surface area contributed by atoms with Gasteiger partial charge in [-0.25, -0.2) is 0 Å². The molecule has 2 rings (SSSR count). The number of rotatable bonds is 4. The molecule has 0 bridgehead atoms. The van der Waals surface area contributed by atoms with E-state index in [2.05, 4.69) is 16.4 Å². The summed E-state index contributed by atoms with van der Waals surface area (Å²) in [5, 5.41) is 21.5. The van der Waals surface area contributed by atoms with Crippen LogP contribution in [-0.2, 0) is 0 Å². The van der Waals surface area contributed by atoms with Crippen LogP contribution in [0.4, 0.5) is 5.69 Å². The summed E-state index contributed by atoms with van der Waals surface area (Å²) in [7, 11) is 0. The van der Waals surface area contributed by atoms with Gasteiger partial charge in [-0.05, 0) is 30.7 Å². The van der Waals surface area contributed by atoms with Crippen molar-refractivity contribution in [1.29, 1.82) is 5.26 Å². The summed E-state index contributed by atoms with van der Waals surface area (Å²) < 4.78 is 0. The van der Waals surface area contributed by atoms with Crippen LogP contribution < -0.4 is 5.32 Å². The Kier molecular flexibility index (Phi) is 3.94. The predicted molar refractivity (Wildman–Crippen MR) is 65.4 cm³/mol. The summed E-state index contributed by atoms with van der Waals surface area (Å²) in [6.45, 7) is 1.08. The normalized spacial score (nSPS) is 23.3. The zero-order valence-corrected chi connectivity index (χ0v) is 9.76. The summed E-state index contributed by atoms with van der Waals surface area (Å²) in [5.74, 6) is 0.913. The second kappa shape index (κ2) is 5.65. The molecule has 0 aliphatic heterocycles. The van der Waals surface area contributed by atoms with Crippen molar-refractivity contribution in [1.82, 2.24) is 4.98 Å². The van der Waals surface area contributed by atoms with Gasteiger partial charge in [0.1, 0.15) is 6.07 Å². The number of nitrogens with one attached hydrogen (secondary N) is 1. The van der Waals surface area contributed by atoms with E-state index in [0.717, 1.165) is 25.1 Å². The van der Waals surface area contributed by atoms with E-state index in [4.69, 9.17) is 5.26 Å². The quantitative estimate of drug-likeness (QED) is 0.828. The average molecular weight is 231 g/mol. The highest BCUT2D eigenvalue weighted by Gasteiger charge is 2.26. The van der Waals surface area contributed by atoms with E-state index in [1.54, 1.807) is 18.5 Å². The first-order valence-corrected chi connectivity index (χ1v) is 6.04. The van der Waals surface area contributed by atoms with Crippen LogP contribution in [0.1, 0.15) is 24.8 Å². The Balaban J connectivity index is 1.96. The van der Waals surface area contributed by atoms with E-state index in [-0.39, 0.29) is 6.61 Å². The lowest BCUT2D eigenvalue weighted by Gasteiger charge is -2.18. The monoisotopic (exact) mass is 231 g/mol. The Bertz CT molecular complexity index is 413. The molecule has 17 heavy (non-hydrogen) atoms. The third-order valence-corrected chi connectivity index (χ3v) is 3.55. The largest absolute Gasteiger partial charge is 0.396 e. The molecule has 0 saturated heterocycles. The van der Waals surface area contributed by atoms with Gasteiger partial charge in [-0.3, -0.25) is 4.98 Å². The van der Waals surface area contributed by atoms with Crippen molar-refractivity contribution in [3.8, 4) is 6.07 Å². The molecule has 1 aromatic rings. The SMILES string of the molecule is N#Cc1ccncc1NCC1CCCC1CO. The van der Waals surface area contributed by atoms with Gasteiger partial charge in [0.2, 0.25) is 0 Å². The zero-order chi connectivity index (χ0) is 12.1. The first-order chi connectivity index (χ1) is 8.35. The Labute approximate surface area is 101 Å². The Hall–Kier alpha value is -1.60. The predicted octanol–water partition coefficient (Wildman–Crippen LogP) is 1.77. The van der Waals surface area contributed by atoms with Gasteiger partial charge in [-0.15, -0.1) is 0 Å². The van der Waals surface area contributed by atoms with E-state index in [1.807, 2.05) is 0 Å². The van der Waals surface area contributed by atoms with Crippen LogP contribution in [0.15, 0.2) is 18.5 Å². The highest BCUT2D eigenvalue weighted by Crippen LogP contribution is 2.31. The number of anilines is 1. The highest BCUT2D eigenvalue weighted by molar-refractivity contribution is 5.55. The van der Waals surface area contributed by atoms with Crippen molar-refractivity contribution in [2.24, 2.45) is 11.8 Å². The number of hydrogen-bond donors (Lipinski definition) is 2. The summed E-state index contributed by atoms with van der Waals surface area (Å²) in [4.78, 5) is 4.01. The smallest absolute Gasteiger partial charge is 0.101 e. The van der Waals surface area contributed by atoms with Gasteiger partial charge in [-0.2, -0.15) is 5.26 Å². The first kappa shape index (κ1) is 11.9. The van der Waals surface area contributed by atoms with Crippen molar-refractivity contribution in [2.45, 2.75) is 19.3 Å². The molecule has 1 fully saturated rings. The van der Waals surface area contributed by atoms with E-state index in [0.29, 0.717) is 17.4 Å². The van der Waals surface area contributed by atoms with Gasteiger partial charge < -0.3 is 10.4 Å². The molecule has 1 aromatic heterocycles. The van der Waals surface area contributed by atoms with Gasteiger partial charge in [-0.1, -0.05) is 6.42 Å². The fourth-order valence-electron chi connectivity index (χ4n) is 2.50. The first-order valence-electron chi connectivity index (χ1n) is 6.04.